The minimum Gasteiger partial charge on any atom is -0.474 e. The highest BCUT2D eigenvalue weighted by atomic mass is 32.2. The summed E-state index contributed by atoms with van der Waals surface area (Å²) in [7, 11) is -3.31. The van der Waals surface area contributed by atoms with Crippen molar-refractivity contribution in [3.8, 4) is 5.88 Å². The van der Waals surface area contributed by atoms with Gasteiger partial charge in [-0.25, -0.2) is 23.4 Å². The minimum absolute atomic E-state index is 0.245. The van der Waals surface area contributed by atoms with E-state index >= 15 is 0 Å². The summed E-state index contributed by atoms with van der Waals surface area (Å²) in [5, 5.41) is 3.95. The Kier molecular flexibility index (Phi) is 5.62. The van der Waals surface area contributed by atoms with E-state index < -0.39 is 9.84 Å². The zero-order chi connectivity index (χ0) is 20.3. The summed E-state index contributed by atoms with van der Waals surface area (Å²) in [4.78, 5) is 13.1. The van der Waals surface area contributed by atoms with Gasteiger partial charge in [0.2, 0.25) is 5.88 Å². The van der Waals surface area contributed by atoms with Crippen molar-refractivity contribution in [1.82, 2.24) is 15.0 Å². The number of hydrogen-bond donors (Lipinski definition) is 1. The fourth-order valence-electron chi connectivity index (χ4n) is 3.57. The van der Waals surface area contributed by atoms with Crippen LogP contribution >= 0.6 is 0 Å². The topological polar surface area (TPSA) is 94.1 Å². The quantitative estimate of drug-likeness (QED) is 0.659. The Morgan fingerprint density at radius 2 is 1.90 bits per heavy atom. The number of nitrogens with zero attached hydrogens (tertiary/aromatic N) is 3. The number of ether oxygens (including phenoxy) is 1. The first-order valence-corrected chi connectivity index (χ1v) is 11.7. The van der Waals surface area contributed by atoms with Crippen molar-refractivity contribution in [2.75, 3.05) is 11.6 Å². The molecule has 0 radical (unpaired) electrons. The van der Waals surface area contributed by atoms with Gasteiger partial charge in [-0.1, -0.05) is 6.42 Å². The zero-order valence-electron chi connectivity index (χ0n) is 16.3. The lowest BCUT2D eigenvalue weighted by molar-refractivity contribution is 0.148. The highest BCUT2D eigenvalue weighted by Gasteiger charge is 2.15. The molecular weight excluding hydrogens is 388 g/mol. The Hall–Kier alpha value is -2.74. The van der Waals surface area contributed by atoms with Crippen molar-refractivity contribution < 1.29 is 13.2 Å². The van der Waals surface area contributed by atoms with E-state index in [0.717, 1.165) is 18.4 Å². The standard InChI is InChI=1S/C21H24N4O3S/c1-29(26,27)17-7-8-19-18(12-17)21(25-14-24-19)23-13-15-9-10-22-20(11-15)28-16-5-3-2-4-6-16/h7-12,14,16H,2-6,13H2,1H3,(H,23,24,25). The molecule has 1 saturated carbocycles. The third kappa shape index (κ3) is 4.82. The molecule has 1 aliphatic carbocycles. The lowest BCUT2D eigenvalue weighted by Crippen LogP contribution is -2.20. The SMILES string of the molecule is CS(=O)(=O)c1ccc2ncnc(NCc3ccnc(OC4CCCCC4)c3)c2c1. The molecule has 0 atom stereocenters. The maximum atomic E-state index is 11.9. The van der Waals surface area contributed by atoms with Crippen LogP contribution in [0.15, 0.2) is 47.8 Å². The predicted molar refractivity (Wildman–Crippen MR) is 112 cm³/mol. The van der Waals surface area contributed by atoms with E-state index in [1.54, 1.807) is 24.4 Å². The summed E-state index contributed by atoms with van der Waals surface area (Å²) >= 11 is 0. The minimum atomic E-state index is -3.31. The van der Waals surface area contributed by atoms with Crippen LogP contribution in [0.1, 0.15) is 37.7 Å². The van der Waals surface area contributed by atoms with Crippen LogP contribution in [-0.4, -0.2) is 35.7 Å². The van der Waals surface area contributed by atoms with Crippen molar-refractivity contribution in [3.63, 3.8) is 0 Å². The number of rotatable bonds is 6. The Labute approximate surface area is 170 Å². The molecule has 0 unspecified atom stereocenters. The average molecular weight is 413 g/mol. The highest BCUT2D eigenvalue weighted by Crippen LogP contribution is 2.25. The van der Waals surface area contributed by atoms with E-state index in [4.69, 9.17) is 4.74 Å². The summed E-state index contributed by atoms with van der Waals surface area (Å²) in [6.45, 7) is 0.513. The number of pyridine rings is 1. The third-order valence-corrected chi connectivity index (χ3v) is 6.24. The van der Waals surface area contributed by atoms with Gasteiger partial charge in [-0.3, -0.25) is 0 Å². The summed E-state index contributed by atoms with van der Waals surface area (Å²) in [6.07, 6.45) is 10.5. The number of anilines is 1. The van der Waals surface area contributed by atoms with Crippen molar-refractivity contribution in [1.29, 1.82) is 0 Å². The van der Waals surface area contributed by atoms with Crippen LogP contribution in [0.3, 0.4) is 0 Å². The summed E-state index contributed by atoms with van der Waals surface area (Å²) < 4.78 is 29.8. The summed E-state index contributed by atoms with van der Waals surface area (Å²) in [6, 6.07) is 8.73. The van der Waals surface area contributed by atoms with Crippen LogP contribution in [0.4, 0.5) is 5.82 Å². The fourth-order valence-corrected chi connectivity index (χ4v) is 4.22. The molecule has 2 aromatic heterocycles. The van der Waals surface area contributed by atoms with Crippen LogP contribution in [0, 0.1) is 0 Å². The Bertz CT molecular complexity index is 1110. The van der Waals surface area contributed by atoms with Crippen LogP contribution in [-0.2, 0) is 16.4 Å². The molecule has 0 saturated heterocycles. The maximum absolute atomic E-state index is 11.9. The van der Waals surface area contributed by atoms with E-state index in [2.05, 4.69) is 20.3 Å². The van der Waals surface area contributed by atoms with Gasteiger partial charge in [-0.2, -0.15) is 0 Å². The van der Waals surface area contributed by atoms with Crippen LogP contribution in [0.25, 0.3) is 10.9 Å². The molecule has 1 N–H and O–H groups in total. The highest BCUT2D eigenvalue weighted by molar-refractivity contribution is 7.90. The second-order valence-corrected chi connectivity index (χ2v) is 9.42. The van der Waals surface area contributed by atoms with Gasteiger partial charge in [0.1, 0.15) is 18.2 Å². The maximum Gasteiger partial charge on any atom is 0.213 e. The zero-order valence-corrected chi connectivity index (χ0v) is 17.2. The van der Waals surface area contributed by atoms with E-state index in [1.807, 2.05) is 12.1 Å². The van der Waals surface area contributed by atoms with Crippen LogP contribution in [0.5, 0.6) is 5.88 Å². The third-order valence-electron chi connectivity index (χ3n) is 5.13. The second-order valence-electron chi connectivity index (χ2n) is 7.41. The molecule has 8 heteroatoms. The lowest BCUT2D eigenvalue weighted by atomic mass is 9.98. The van der Waals surface area contributed by atoms with Gasteiger partial charge in [0.15, 0.2) is 9.84 Å². The Morgan fingerprint density at radius 3 is 2.69 bits per heavy atom. The van der Waals surface area contributed by atoms with Gasteiger partial charge in [0.05, 0.1) is 10.4 Å². The molecular formula is C21H24N4O3S. The molecule has 3 aromatic rings. The van der Waals surface area contributed by atoms with Gasteiger partial charge < -0.3 is 10.1 Å². The molecule has 152 valence electrons. The average Bonchev–Trinajstić information content (AvgIpc) is 2.72. The largest absolute Gasteiger partial charge is 0.474 e. The molecule has 2 heterocycles. The van der Waals surface area contributed by atoms with Crippen molar-refractivity contribution in [2.45, 2.75) is 49.6 Å². The molecule has 0 aliphatic heterocycles. The molecule has 0 bridgehead atoms. The smallest absolute Gasteiger partial charge is 0.213 e. The van der Waals surface area contributed by atoms with Crippen molar-refractivity contribution in [3.05, 3.63) is 48.4 Å². The van der Waals surface area contributed by atoms with Crippen LogP contribution < -0.4 is 10.1 Å². The predicted octanol–water partition coefficient (Wildman–Crippen LogP) is 3.75. The molecule has 1 aliphatic rings. The number of aromatic nitrogens is 3. The first kappa shape index (κ1) is 19.6. The molecule has 0 spiro atoms. The summed E-state index contributed by atoms with van der Waals surface area (Å²) in [5.74, 6) is 1.23. The number of hydrogen-bond acceptors (Lipinski definition) is 7. The van der Waals surface area contributed by atoms with E-state index in [1.165, 1.54) is 31.8 Å². The van der Waals surface area contributed by atoms with E-state index in [0.29, 0.717) is 29.1 Å². The van der Waals surface area contributed by atoms with Crippen molar-refractivity contribution in [2.24, 2.45) is 0 Å². The number of benzene rings is 1. The van der Waals surface area contributed by atoms with Gasteiger partial charge in [-0.05, 0) is 55.5 Å². The molecule has 7 nitrogen and oxygen atoms in total. The molecule has 4 rings (SSSR count). The molecule has 0 amide bonds. The molecule has 1 aromatic carbocycles. The van der Waals surface area contributed by atoms with Gasteiger partial charge in [-0.15, -0.1) is 0 Å². The summed E-state index contributed by atoms with van der Waals surface area (Å²) in [5.41, 5.74) is 1.70. The molecule has 1 fully saturated rings. The van der Waals surface area contributed by atoms with E-state index in [9.17, 15) is 8.42 Å². The fraction of sp³-hybridized carbons (Fsp3) is 0.381. The monoisotopic (exact) mass is 412 g/mol. The van der Waals surface area contributed by atoms with E-state index in [-0.39, 0.29) is 11.0 Å². The second kappa shape index (κ2) is 8.32. The van der Waals surface area contributed by atoms with Gasteiger partial charge in [0.25, 0.3) is 0 Å². The Morgan fingerprint density at radius 1 is 1.07 bits per heavy atom. The normalized spacial score (nSPS) is 15.3. The first-order valence-electron chi connectivity index (χ1n) is 9.79. The first-order chi connectivity index (χ1) is 14.0. The molecule has 29 heavy (non-hydrogen) atoms. The van der Waals surface area contributed by atoms with Gasteiger partial charge >= 0.3 is 0 Å². The Balaban J connectivity index is 1.51. The van der Waals surface area contributed by atoms with Crippen LogP contribution in [0.2, 0.25) is 0 Å². The number of nitrogens with one attached hydrogen (secondary N) is 1. The van der Waals surface area contributed by atoms with Crippen molar-refractivity contribution >= 4 is 26.6 Å². The lowest BCUT2D eigenvalue weighted by Gasteiger charge is -2.22. The van der Waals surface area contributed by atoms with Gasteiger partial charge in [0, 0.05) is 30.4 Å². The number of sulfone groups is 1. The number of fused-ring (bicyclic) bond motifs is 1.